The van der Waals surface area contributed by atoms with Gasteiger partial charge >= 0.3 is 11.9 Å². The molecule has 1 heterocycles. The third kappa shape index (κ3) is 4.57. The van der Waals surface area contributed by atoms with E-state index in [1.807, 2.05) is 30.3 Å². The highest BCUT2D eigenvalue weighted by Crippen LogP contribution is 2.24. The van der Waals surface area contributed by atoms with Crippen LogP contribution >= 0.6 is 0 Å². The number of benzene rings is 1. The second-order valence-electron chi connectivity index (χ2n) is 6.03. The summed E-state index contributed by atoms with van der Waals surface area (Å²) in [5, 5.41) is 9.29. The van der Waals surface area contributed by atoms with E-state index in [1.54, 1.807) is 0 Å². The van der Waals surface area contributed by atoms with Gasteiger partial charge in [0.1, 0.15) is 6.04 Å². The van der Waals surface area contributed by atoms with Gasteiger partial charge in [-0.1, -0.05) is 30.3 Å². The average molecular weight is 333 g/mol. The Labute approximate surface area is 141 Å². The Hall–Kier alpha value is -2.37. The number of carbonyl (C=O) groups is 3. The zero-order chi connectivity index (χ0) is 17.5. The highest BCUT2D eigenvalue weighted by atomic mass is 16.5. The summed E-state index contributed by atoms with van der Waals surface area (Å²) in [7, 11) is 1.32. The molecule has 2 atom stereocenters. The average Bonchev–Trinajstić information content (AvgIpc) is 3.08. The zero-order valence-electron chi connectivity index (χ0n) is 13.8. The quantitative estimate of drug-likeness (QED) is 0.770. The van der Waals surface area contributed by atoms with Crippen molar-refractivity contribution in [2.75, 3.05) is 13.7 Å². The predicted octanol–water partition coefficient (Wildman–Crippen LogP) is 1.87. The van der Waals surface area contributed by atoms with Crippen molar-refractivity contribution in [1.82, 2.24) is 4.90 Å². The molecule has 0 bridgehead atoms. The SMILES string of the molecule is COC(=O)CCC(Cc1ccccc1)C(=O)N1CCC[C@H]1C(=O)O. The number of hydrogen-bond acceptors (Lipinski definition) is 4. The summed E-state index contributed by atoms with van der Waals surface area (Å²) in [4.78, 5) is 37.1. The van der Waals surface area contributed by atoms with Crippen LogP contribution in [0.2, 0.25) is 0 Å². The summed E-state index contributed by atoms with van der Waals surface area (Å²) in [6.45, 7) is 0.458. The first kappa shape index (κ1) is 18.0. The lowest BCUT2D eigenvalue weighted by molar-refractivity contribution is -0.150. The Kier molecular flexibility index (Phi) is 6.35. The molecular formula is C18H23NO5. The molecule has 2 rings (SSSR count). The summed E-state index contributed by atoms with van der Waals surface area (Å²) in [5.41, 5.74) is 0.992. The monoisotopic (exact) mass is 333 g/mol. The number of amides is 1. The molecule has 6 nitrogen and oxygen atoms in total. The zero-order valence-corrected chi connectivity index (χ0v) is 13.8. The van der Waals surface area contributed by atoms with Crippen LogP contribution in [0.5, 0.6) is 0 Å². The van der Waals surface area contributed by atoms with Gasteiger partial charge in [-0.2, -0.15) is 0 Å². The molecule has 24 heavy (non-hydrogen) atoms. The van der Waals surface area contributed by atoms with Crippen LogP contribution in [0.15, 0.2) is 30.3 Å². The first-order valence-electron chi connectivity index (χ1n) is 8.17. The minimum Gasteiger partial charge on any atom is -0.480 e. The van der Waals surface area contributed by atoms with Gasteiger partial charge in [-0.15, -0.1) is 0 Å². The van der Waals surface area contributed by atoms with Crippen LogP contribution in [0.25, 0.3) is 0 Å². The second kappa shape index (κ2) is 8.47. The lowest BCUT2D eigenvalue weighted by atomic mass is 9.93. The van der Waals surface area contributed by atoms with Gasteiger partial charge in [0, 0.05) is 18.9 Å². The van der Waals surface area contributed by atoms with Gasteiger partial charge in [-0.25, -0.2) is 4.79 Å². The van der Waals surface area contributed by atoms with Gasteiger partial charge in [0.15, 0.2) is 0 Å². The molecule has 1 aliphatic heterocycles. The molecule has 0 radical (unpaired) electrons. The van der Waals surface area contributed by atoms with E-state index < -0.39 is 17.9 Å². The molecular weight excluding hydrogens is 310 g/mol. The highest BCUT2D eigenvalue weighted by Gasteiger charge is 2.37. The van der Waals surface area contributed by atoms with E-state index in [2.05, 4.69) is 4.74 Å². The van der Waals surface area contributed by atoms with Crippen molar-refractivity contribution in [1.29, 1.82) is 0 Å². The van der Waals surface area contributed by atoms with Gasteiger partial charge in [0.2, 0.25) is 5.91 Å². The van der Waals surface area contributed by atoms with Crippen molar-refractivity contribution in [3.8, 4) is 0 Å². The number of carboxylic acids is 1. The molecule has 1 N–H and O–H groups in total. The number of carbonyl (C=O) groups excluding carboxylic acids is 2. The van der Waals surface area contributed by atoms with Gasteiger partial charge in [0.25, 0.3) is 0 Å². The molecule has 0 saturated carbocycles. The van der Waals surface area contributed by atoms with E-state index in [1.165, 1.54) is 12.0 Å². The van der Waals surface area contributed by atoms with Crippen LogP contribution in [-0.4, -0.2) is 47.5 Å². The molecule has 0 aliphatic carbocycles. The van der Waals surface area contributed by atoms with Crippen molar-refractivity contribution >= 4 is 17.8 Å². The van der Waals surface area contributed by atoms with E-state index in [9.17, 15) is 19.5 Å². The predicted molar refractivity (Wildman–Crippen MR) is 87.3 cm³/mol. The number of ether oxygens (including phenoxy) is 1. The minimum atomic E-state index is -0.965. The van der Waals surface area contributed by atoms with E-state index in [0.717, 1.165) is 5.56 Å². The Morgan fingerprint density at radius 1 is 1.29 bits per heavy atom. The molecule has 1 aromatic carbocycles. The maximum atomic E-state index is 12.9. The van der Waals surface area contributed by atoms with Crippen LogP contribution in [0.3, 0.4) is 0 Å². The third-order valence-electron chi connectivity index (χ3n) is 4.42. The standard InChI is InChI=1S/C18H23NO5/c1-24-16(20)10-9-14(12-13-6-3-2-4-7-13)17(21)19-11-5-8-15(19)18(22)23/h2-4,6-7,14-15H,5,8-12H2,1H3,(H,22,23)/t14?,15-/m0/s1. The van der Waals surface area contributed by atoms with Crippen molar-refractivity contribution in [3.05, 3.63) is 35.9 Å². The Balaban J connectivity index is 2.12. The number of nitrogens with zero attached hydrogens (tertiary/aromatic N) is 1. The summed E-state index contributed by atoms with van der Waals surface area (Å²) in [5.74, 6) is -1.94. The Bertz CT molecular complexity index is 586. The number of esters is 1. The lowest BCUT2D eigenvalue weighted by Crippen LogP contribution is -2.44. The molecule has 1 unspecified atom stereocenters. The van der Waals surface area contributed by atoms with E-state index in [0.29, 0.717) is 32.2 Å². The van der Waals surface area contributed by atoms with Gasteiger partial charge in [0.05, 0.1) is 7.11 Å². The van der Waals surface area contributed by atoms with Crippen molar-refractivity contribution in [2.24, 2.45) is 5.92 Å². The van der Waals surface area contributed by atoms with Crippen molar-refractivity contribution in [3.63, 3.8) is 0 Å². The molecule has 1 fully saturated rings. The smallest absolute Gasteiger partial charge is 0.326 e. The molecule has 1 amide bonds. The summed E-state index contributed by atoms with van der Waals surface area (Å²) in [6.07, 6.45) is 2.15. The van der Waals surface area contributed by atoms with Crippen LogP contribution in [0.4, 0.5) is 0 Å². The number of carboxylic acid groups (broad SMARTS) is 1. The summed E-state index contributed by atoms with van der Waals surface area (Å²) < 4.78 is 4.66. The summed E-state index contributed by atoms with van der Waals surface area (Å²) >= 11 is 0. The first-order valence-corrected chi connectivity index (χ1v) is 8.17. The minimum absolute atomic E-state index is 0.144. The van der Waals surface area contributed by atoms with Crippen molar-refractivity contribution in [2.45, 2.75) is 38.1 Å². The van der Waals surface area contributed by atoms with Crippen LogP contribution < -0.4 is 0 Å². The van der Waals surface area contributed by atoms with Gasteiger partial charge < -0.3 is 14.7 Å². The van der Waals surface area contributed by atoms with Crippen LogP contribution in [0.1, 0.15) is 31.2 Å². The number of hydrogen-bond donors (Lipinski definition) is 1. The topological polar surface area (TPSA) is 83.9 Å². The first-order chi connectivity index (χ1) is 11.5. The fraction of sp³-hybridized carbons (Fsp3) is 0.500. The molecule has 1 aromatic rings. The number of methoxy groups -OCH3 is 1. The van der Waals surface area contributed by atoms with Crippen LogP contribution in [-0.2, 0) is 25.5 Å². The highest BCUT2D eigenvalue weighted by molar-refractivity contribution is 5.86. The molecule has 0 spiro atoms. The molecule has 0 aromatic heterocycles. The van der Waals surface area contributed by atoms with Gasteiger partial charge in [-0.3, -0.25) is 9.59 Å². The maximum Gasteiger partial charge on any atom is 0.326 e. The number of rotatable bonds is 7. The van der Waals surface area contributed by atoms with Crippen LogP contribution in [0, 0.1) is 5.92 Å². The van der Waals surface area contributed by atoms with Gasteiger partial charge in [-0.05, 0) is 31.2 Å². The lowest BCUT2D eigenvalue weighted by Gasteiger charge is -2.26. The second-order valence-corrected chi connectivity index (χ2v) is 6.03. The Morgan fingerprint density at radius 3 is 2.62 bits per heavy atom. The normalized spacial score (nSPS) is 18.2. The molecule has 6 heteroatoms. The Morgan fingerprint density at radius 2 is 2.00 bits per heavy atom. The van der Waals surface area contributed by atoms with E-state index >= 15 is 0 Å². The van der Waals surface area contributed by atoms with E-state index in [-0.39, 0.29) is 18.3 Å². The van der Waals surface area contributed by atoms with E-state index in [4.69, 9.17) is 0 Å². The largest absolute Gasteiger partial charge is 0.480 e. The van der Waals surface area contributed by atoms with Crippen molar-refractivity contribution < 1.29 is 24.2 Å². The molecule has 130 valence electrons. The number of aliphatic carboxylic acids is 1. The third-order valence-corrected chi connectivity index (χ3v) is 4.42. The molecule has 1 saturated heterocycles. The summed E-state index contributed by atoms with van der Waals surface area (Å²) in [6, 6.07) is 8.79. The fourth-order valence-corrected chi connectivity index (χ4v) is 3.13. The molecule has 1 aliphatic rings. The fourth-order valence-electron chi connectivity index (χ4n) is 3.13. The maximum absolute atomic E-state index is 12.9. The number of likely N-dealkylation sites (tertiary alicyclic amines) is 1.